The first-order valence-electron chi connectivity index (χ1n) is 7.38. The van der Waals surface area contributed by atoms with Gasteiger partial charge in [-0.15, -0.1) is 0 Å². The van der Waals surface area contributed by atoms with Gasteiger partial charge in [0.2, 0.25) is 0 Å². The lowest BCUT2D eigenvalue weighted by Gasteiger charge is -2.38. The van der Waals surface area contributed by atoms with Gasteiger partial charge >= 0.3 is 6.09 Å². The molecule has 7 nitrogen and oxygen atoms in total. The van der Waals surface area contributed by atoms with Gasteiger partial charge < -0.3 is 24.6 Å². The highest BCUT2D eigenvalue weighted by molar-refractivity contribution is 5.88. The fraction of sp³-hybridized carbons (Fsp3) is 0.562. The number of hydrogen-bond donors (Lipinski definition) is 3. The maximum atomic E-state index is 12.0. The second kappa shape index (κ2) is 6.25. The van der Waals surface area contributed by atoms with Crippen molar-refractivity contribution in [3.63, 3.8) is 0 Å². The normalized spacial score (nSPS) is 16.3. The summed E-state index contributed by atoms with van der Waals surface area (Å²) < 4.78 is 15.9. The van der Waals surface area contributed by atoms with Crippen molar-refractivity contribution in [2.45, 2.75) is 32.0 Å². The minimum atomic E-state index is -0.982. The standard InChI is InChI=1S/C16H24N2O5/c1-15(2,3)23-14(19)18-11-6-10(16(20)8-17-9-16)7-12(21-4)13(11)22-5/h6-7,17,20H,8-9H2,1-5H3,(H,18,19). The highest BCUT2D eigenvalue weighted by Crippen LogP contribution is 2.40. The van der Waals surface area contributed by atoms with Gasteiger partial charge in [0.15, 0.2) is 11.5 Å². The molecule has 3 N–H and O–H groups in total. The zero-order valence-corrected chi connectivity index (χ0v) is 14.1. The van der Waals surface area contributed by atoms with Crippen LogP contribution in [0.5, 0.6) is 11.5 Å². The number of methoxy groups -OCH3 is 2. The lowest BCUT2D eigenvalue weighted by atomic mass is 9.87. The van der Waals surface area contributed by atoms with E-state index >= 15 is 0 Å². The van der Waals surface area contributed by atoms with Gasteiger partial charge in [-0.1, -0.05) is 0 Å². The van der Waals surface area contributed by atoms with Crippen molar-refractivity contribution in [1.82, 2.24) is 5.32 Å². The Morgan fingerprint density at radius 1 is 1.26 bits per heavy atom. The fourth-order valence-electron chi connectivity index (χ4n) is 2.31. The Labute approximate surface area is 135 Å². The van der Waals surface area contributed by atoms with Gasteiger partial charge in [-0.3, -0.25) is 5.32 Å². The van der Waals surface area contributed by atoms with E-state index in [9.17, 15) is 9.90 Å². The number of ether oxygens (including phenoxy) is 3. The average molecular weight is 324 g/mol. The van der Waals surface area contributed by atoms with Crippen LogP contribution in [0, 0.1) is 0 Å². The van der Waals surface area contributed by atoms with Crippen LogP contribution in [0.1, 0.15) is 26.3 Å². The Hall–Kier alpha value is -1.99. The zero-order valence-electron chi connectivity index (χ0n) is 14.1. The number of nitrogens with one attached hydrogen (secondary N) is 2. The molecule has 0 unspecified atom stereocenters. The minimum Gasteiger partial charge on any atom is -0.493 e. The molecule has 0 saturated carbocycles. The molecule has 23 heavy (non-hydrogen) atoms. The molecule has 0 spiro atoms. The first-order chi connectivity index (χ1) is 10.7. The van der Waals surface area contributed by atoms with Gasteiger partial charge in [0.1, 0.15) is 11.2 Å². The first kappa shape index (κ1) is 17.4. The molecule has 0 atom stereocenters. The molecule has 2 rings (SSSR count). The highest BCUT2D eigenvalue weighted by Gasteiger charge is 2.37. The van der Waals surface area contributed by atoms with Gasteiger partial charge in [0, 0.05) is 13.1 Å². The average Bonchev–Trinajstić information content (AvgIpc) is 2.41. The molecule has 7 heteroatoms. The Balaban J connectivity index is 2.35. The number of carbonyl (C=O) groups excluding carboxylic acids is 1. The SMILES string of the molecule is COc1cc(C2(O)CNC2)cc(NC(=O)OC(C)(C)C)c1OC. The van der Waals surface area contributed by atoms with Crippen molar-refractivity contribution in [2.75, 3.05) is 32.6 Å². The Kier molecular flexibility index (Phi) is 4.72. The van der Waals surface area contributed by atoms with Gasteiger partial charge in [0.25, 0.3) is 0 Å². The highest BCUT2D eigenvalue weighted by atomic mass is 16.6. The molecule has 0 aromatic heterocycles. The molecule has 1 heterocycles. The number of carbonyl (C=O) groups is 1. The van der Waals surface area contributed by atoms with E-state index in [2.05, 4.69) is 10.6 Å². The van der Waals surface area contributed by atoms with Crippen LogP contribution >= 0.6 is 0 Å². The molecule has 0 bridgehead atoms. The van der Waals surface area contributed by atoms with Gasteiger partial charge in [-0.25, -0.2) is 4.79 Å². The van der Waals surface area contributed by atoms with Crippen LogP contribution < -0.4 is 20.1 Å². The van der Waals surface area contributed by atoms with Crippen LogP contribution in [0.25, 0.3) is 0 Å². The van der Waals surface area contributed by atoms with Crippen molar-refractivity contribution < 1.29 is 24.1 Å². The number of aliphatic hydroxyl groups is 1. The largest absolute Gasteiger partial charge is 0.493 e. The summed E-state index contributed by atoms with van der Waals surface area (Å²) in [5.41, 5.74) is -0.574. The molecule has 1 aromatic carbocycles. The minimum absolute atomic E-state index is 0.373. The summed E-state index contributed by atoms with van der Waals surface area (Å²) in [6.45, 7) is 6.22. The third kappa shape index (κ3) is 3.86. The molecule has 1 amide bonds. The van der Waals surface area contributed by atoms with Crippen molar-refractivity contribution >= 4 is 11.8 Å². The van der Waals surface area contributed by atoms with Crippen molar-refractivity contribution in [2.24, 2.45) is 0 Å². The molecule has 1 aliphatic rings. The van der Waals surface area contributed by atoms with E-state index in [0.717, 1.165) is 0 Å². The second-order valence-corrected chi connectivity index (χ2v) is 6.52. The topological polar surface area (TPSA) is 89.1 Å². The molecule has 1 fully saturated rings. The fourth-order valence-corrected chi connectivity index (χ4v) is 2.31. The molecular weight excluding hydrogens is 300 g/mol. The summed E-state index contributed by atoms with van der Waals surface area (Å²) in [7, 11) is 2.99. The summed E-state index contributed by atoms with van der Waals surface area (Å²) >= 11 is 0. The number of rotatable bonds is 4. The van der Waals surface area contributed by atoms with E-state index in [1.54, 1.807) is 32.9 Å². The first-order valence-corrected chi connectivity index (χ1v) is 7.38. The Morgan fingerprint density at radius 2 is 1.91 bits per heavy atom. The van der Waals surface area contributed by atoms with Crippen molar-refractivity contribution in [3.05, 3.63) is 17.7 Å². The maximum Gasteiger partial charge on any atom is 0.412 e. The van der Waals surface area contributed by atoms with Crippen LogP contribution in [-0.4, -0.2) is 44.1 Å². The molecule has 128 valence electrons. The second-order valence-electron chi connectivity index (χ2n) is 6.52. The third-order valence-electron chi connectivity index (χ3n) is 3.49. The summed E-state index contributed by atoms with van der Waals surface area (Å²) in [5.74, 6) is 0.800. The van der Waals surface area contributed by atoms with E-state index in [1.807, 2.05) is 0 Å². The lowest BCUT2D eigenvalue weighted by Crippen LogP contribution is -2.56. The lowest BCUT2D eigenvalue weighted by molar-refractivity contribution is -0.0148. The number of hydrogen-bond acceptors (Lipinski definition) is 6. The van der Waals surface area contributed by atoms with Crippen molar-refractivity contribution in [1.29, 1.82) is 0 Å². The molecule has 1 aromatic rings. The summed E-state index contributed by atoms with van der Waals surface area (Å²) in [6.07, 6.45) is -0.603. The molecule has 1 saturated heterocycles. The van der Waals surface area contributed by atoms with E-state index < -0.39 is 17.3 Å². The van der Waals surface area contributed by atoms with E-state index in [1.165, 1.54) is 14.2 Å². The number of amides is 1. The van der Waals surface area contributed by atoms with E-state index in [-0.39, 0.29) is 0 Å². The summed E-state index contributed by atoms with van der Waals surface area (Å²) in [5, 5.41) is 16.2. The zero-order chi connectivity index (χ0) is 17.3. The van der Waals surface area contributed by atoms with Crippen LogP contribution in [0.2, 0.25) is 0 Å². The summed E-state index contributed by atoms with van der Waals surface area (Å²) in [6, 6.07) is 3.38. The quantitative estimate of drug-likeness (QED) is 0.783. The predicted octanol–water partition coefficient (Wildman–Crippen LogP) is 1.84. The summed E-state index contributed by atoms with van der Waals surface area (Å²) in [4.78, 5) is 12.0. The van der Waals surface area contributed by atoms with E-state index in [0.29, 0.717) is 35.8 Å². The molecular formula is C16H24N2O5. The maximum absolute atomic E-state index is 12.0. The Morgan fingerprint density at radius 3 is 2.35 bits per heavy atom. The van der Waals surface area contributed by atoms with Gasteiger partial charge in [-0.2, -0.15) is 0 Å². The number of benzene rings is 1. The van der Waals surface area contributed by atoms with Crippen LogP contribution in [-0.2, 0) is 10.3 Å². The van der Waals surface area contributed by atoms with Crippen LogP contribution in [0.4, 0.5) is 10.5 Å². The van der Waals surface area contributed by atoms with Gasteiger partial charge in [-0.05, 0) is 38.5 Å². The number of β-amino-alcohol motifs (C(OH)–C–C–N with tert-alkyl or cyclic N) is 1. The molecule has 1 aliphatic heterocycles. The molecule has 0 radical (unpaired) electrons. The van der Waals surface area contributed by atoms with Crippen LogP contribution in [0.3, 0.4) is 0 Å². The predicted molar refractivity (Wildman–Crippen MR) is 86.2 cm³/mol. The smallest absolute Gasteiger partial charge is 0.412 e. The van der Waals surface area contributed by atoms with Gasteiger partial charge in [0.05, 0.1) is 19.9 Å². The molecule has 0 aliphatic carbocycles. The van der Waals surface area contributed by atoms with Crippen molar-refractivity contribution in [3.8, 4) is 11.5 Å². The monoisotopic (exact) mass is 324 g/mol. The number of anilines is 1. The van der Waals surface area contributed by atoms with E-state index in [4.69, 9.17) is 14.2 Å². The Bertz CT molecular complexity index is 591. The van der Waals surface area contributed by atoms with Crippen LogP contribution in [0.15, 0.2) is 12.1 Å². The third-order valence-corrected chi connectivity index (χ3v) is 3.49.